The SMILES string of the molecule is O=C1c2[nH]nc(-c3ccccc3O)c2[C@@H](c2ccccc2F)N1Cc1ccc2c(c1)OCO2. The Balaban J connectivity index is 1.49. The standard InChI is InChI=1S/C25H18FN3O4/c26-17-7-3-1-5-15(17)24-21-22(16-6-2-4-8-18(16)30)27-28-23(21)25(31)29(24)12-14-9-10-19-20(11-14)33-13-32-19/h1-11,24,30H,12-13H2,(H,27,28)/t24-/m1/s1. The zero-order valence-corrected chi connectivity index (χ0v) is 17.3. The number of nitrogens with one attached hydrogen (secondary N) is 1. The molecule has 33 heavy (non-hydrogen) atoms. The van der Waals surface area contributed by atoms with Crippen molar-refractivity contribution in [2.45, 2.75) is 12.6 Å². The monoisotopic (exact) mass is 443 g/mol. The summed E-state index contributed by atoms with van der Waals surface area (Å²) in [4.78, 5) is 15.1. The van der Waals surface area contributed by atoms with Crippen LogP contribution in [0.2, 0.25) is 0 Å². The van der Waals surface area contributed by atoms with Crippen LogP contribution in [-0.4, -0.2) is 32.9 Å². The maximum Gasteiger partial charge on any atom is 0.273 e. The first-order valence-electron chi connectivity index (χ1n) is 10.4. The third kappa shape index (κ3) is 3.02. The number of aromatic amines is 1. The number of phenolic OH excluding ortho intramolecular Hbond substituents is 1. The van der Waals surface area contributed by atoms with Crippen molar-refractivity contribution in [2.75, 3.05) is 6.79 Å². The number of nitrogens with zero attached hydrogens (tertiary/aromatic N) is 2. The van der Waals surface area contributed by atoms with Crippen LogP contribution in [0.4, 0.5) is 4.39 Å². The Kier molecular flexibility index (Phi) is 4.33. The molecule has 2 aliphatic heterocycles. The van der Waals surface area contributed by atoms with Gasteiger partial charge in [0.05, 0.1) is 6.04 Å². The van der Waals surface area contributed by atoms with E-state index in [4.69, 9.17) is 9.47 Å². The average Bonchev–Trinajstić information content (AvgIpc) is 3.52. The lowest BCUT2D eigenvalue weighted by atomic mass is 9.95. The minimum atomic E-state index is -0.729. The second-order valence-corrected chi connectivity index (χ2v) is 7.92. The Bertz CT molecular complexity index is 1400. The van der Waals surface area contributed by atoms with Gasteiger partial charge in [-0.05, 0) is 35.9 Å². The van der Waals surface area contributed by atoms with E-state index >= 15 is 4.39 Å². The molecular weight excluding hydrogens is 425 g/mol. The number of carbonyl (C=O) groups is 1. The van der Waals surface area contributed by atoms with Crippen LogP contribution in [0.1, 0.15) is 33.2 Å². The van der Waals surface area contributed by atoms with Crippen LogP contribution in [0.5, 0.6) is 17.2 Å². The minimum Gasteiger partial charge on any atom is -0.507 e. The fourth-order valence-corrected chi connectivity index (χ4v) is 4.50. The summed E-state index contributed by atoms with van der Waals surface area (Å²) in [5.74, 6) is 0.555. The molecule has 2 N–H and O–H groups in total. The van der Waals surface area contributed by atoms with E-state index in [-0.39, 0.29) is 30.7 Å². The van der Waals surface area contributed by atoms with E-state index in [1.807, 2.05) is 12.1 Å². The van der Waals surface area contributed by atoms with Gasteiger partial charge in [-0.2, -0.15) is 5.10 Å². The molecule has 4 aromatic rings. The normalized spacial score (nSPS) is 16.3. The van der Waals surface area contributed by atoms with Crippen LogP contribution >= 0.6 is 0 Å². The molecule has 2 aliphatic rings. The zero-order valence-electron chi connectivity index (χ0n) is 17.3. The highest BCUT2D eigenvalue weighted by Crippen LogP contribution is 2.46. The first-order chi connectivity index (χ1) is 16.1. The predicted octanol–water partition coefficient (Wildman–Crippen LogP) is 4.40. The van der Waals surface area contributed by atoms with Crippen LogP contribution in [0.15, 0.2) is 66.7 Å². The Hall–Kier alpha value is -4.33. The van der Waals surface area contributed by atoms with Gasteiger partial charge in [-0.25, -0.2) is 4.39 Å². The minimum absolute atomic E-state index is 0.0285. The van der Waals surface area contributed by atoms with Gasteiger partial charge in [-0.1, -0.05) is 36.4 Å². The van der Waals surface area contributed by atoms with Crippen molar-refractivity contribution < 1.29 is 23.8 Å². The summed E-state index contributed by atoms with van der Waals surface area (Å²) in [6.45, 7) is 0.372. The van der Waals surface area contributed by atoms with E-state index in [9.17, 15) is 9.90 Å². The molecule has 0 fully saturated rings. The van der Waals surface area contributed by atoms with E-state index in [0.717, 1.165) is 5.56 Å². The number of hydrogen-bond donors (Lipinski definition) is 2. The molecule has 0 saturated heterocycles. The molecule has 3 heterocycles. The lowest BCUT2D eigenvalue weighted by molar-refractivity contribution is 0.0728. The van der Waals surface area contributed by atoms with Crippen molar-refractivity contribution in [3.63, 3.8) is 0 Å². The predicted molar refractivity (Wildman–Crippen MR) is 116 cm³/mol. The molecule has 7 nitrogen and oxygen atoms in total. The fourth-order valence-electron chi connectivity index (χ4n) is 4.50. The van der Waals surface area contributed by atoms with Gasteiger partial charge in [0.1, 0.15) is 23.0 Å². The van der Waals surface area contributed by atoms with Gasteiger partial charge in [0.2, 0.25) is 6.79 Å². The number of halogens is 1. The van der Waals surface area contributed by atoms with Crippen molar-refractivity contribution in [3.05, 3.63) is 94.9 Å². The summed E-state index contributed by atoms with van der Waals surface area (Å²) in [5.41, 5.74) is 2.86. The van der Waals surface area contributed by atoms with E-state index in [1.54, 1.807) is 53.4 Å². The number of fused-ring (bicyclic) bond motifs is 2. The molecule has 0 spiro atoms. The third-order valence-corrected chi connectivity index (χ3v) is 6.01. The van der Waals surface area contributed by atoms with Crippen LogP contribution in [0, 0.1) is 5.82 Å². The lowest BCUT2D eigenvalue weighted by Crippen LogP contribution is -2.29. The molecule has 0 radical (unpaired) electrons. The van der Waals surface area contributed by atoms with Crippen molar-refractivity contribution >= 4 is 5.91 Å². The van der Waals surface area contributed by atoms with Crippen molar-refractivity contribution in [2.24, 2.45) is 0 Å². The van der Waals surface area contributed by atoms with E-state index in [0.29, 0.717) is 33.9 Å². The van der Waals surface area contributed by atoms with Crippen molar-refractivity contribution in [3.8, 4) is 28.5 Å². The molecule has 1 aromatic heterocycles. The van der Waals surface area contributed by atoms with Gasteiger partial charge in [-0.15, -0.1) is 0 Å². The van der Waals surface area contributed by atoms with Crippen LogP contribution < -0.4 is 9.47 Å². The van der Waals surface area contributed by atoms with Crippen molar-refractivity contribution in [1.82, 2.24) is 15.1 Å². The number of phenols is 1. The highest BCUT2D eigenvalue weighted by Gasteiger charge is 2.43. The molecule has 8 heteroatoms. The summed E-state index contributed by atoms with van der Waals surface area (Å²) < 4.78 is 25.9. The summed E-state index contributed by atoms with van der Waals surface area (Å²) in [6.07, 6.45) is 0. The molecule has 3 aromatic carbocycles. The summed E-state index contributed by atoms with van der Waals surface area (Å²) in [7, 11) is 0. The average molecular weight is 443 g/mol. The molecular formula is C25H18FN3O4. The van der Waals surface area contributed by atoms with E-state index in [1.165, 1.54) is 6.07 Å². The molecule has 1 atom stereocenters. The highest BCUT2D eigenvalue weighted by atomic mass is 19.1. The number of ether oxygens (including phenoxy) is 2. The summed E-state index contributed by atoms with van der Waals surface area (Å²) in [6, 6.07) is 17.9. The van der Waals surface area contributed by atoms with Crippen molar-refractivity contribution in [1.29, 1.82) is 0 Å². The fraction of sp³-hybridized carbons (Fsp3) is 0.120. The first-order valence-corrected chi connectivity index (χ1v) is 10.4. The van der Waals surface area contributed by atoms with Gasteiger partial charge in [0.15, 0.2) is 11.5 Å². The Morgan fingerprint density at radius 2 is 1.85 bits per heavy atom. The quantitative estimate of drug-likeness (QED) is 0.488. The number of hydrogen-bond acceptors (Lipinski definition) is 5. The van der Waals surface area contributed by atoms with Gasteiger partial charge in [0.25, 0.3) is 5.91 Å². The zero-order chi connectivity index (χ0) is 22.5. The molecule has 0 aliphatic carbocycles. The Morgan fingerprint density at radius 1 is 1.06 bits per heavy atom. The molecule has 0 bridgehead atoms. The Morgan fingerprint density at radius 3 is 2.70 bits per heavy atom. The number of H-pyrrole nitrogens is 1. The largest absolute Gasteiger partial charge is 0.507 e. The number of rotatable bonds is 4. The highest BCUT2D eigenvalue weighted by molar-refractivity contribution is 6.00. The van der Waals surface area contributed by atoms with Crippen LogP contribution in [0.25, 0.3) is 11.3 Å². The van der Waals surface area contributed by atoms with Gasteiger partial charge >= 0.3 is 0 Å². The molecule has 1 amide bonds. The number of aromatic nitrogens is 2. The third-order valence-electron chi connectivity index (χ3n) is 6.01. The van der Waals surface area contributed by atoms with E-state index < -0.39 is 11.9 Å². The maximum atomic E-state index is 15.0. The second-order valence-electron chi connectivity index (χ2n) is 7.92. The molecule has 164 valence electrons. The van der Waals surface area contributed by atoms with Crippen LogP contribution in [0.3, 0.4) is 0 Å². The van der Waals surface area contributed by atoms with Gasteiger partial charge < -0.3 is 19.5 Å². The molecule has 6 rings (SSSR count). The maximum absolute atomic E-state index is 15.0. The van der Waals surface area contributed by atoms with Crippen LogP contribution in [-0.2, 0) is 6.54 Å². The second kappa shape index (κ2) is 7.37. The number of amides is 1. The lowest BCUT2D eigenvalue weighted by Gasteiger charge is -2.27. The first kappa shape index (κ1) is 19.4. The number of para-hydroxylation sites is 1. The number of carbonyl (C=O) groups excluding carboxylic acids is 1. The number of benzene rings is 3. The summed E-state index contributed by atoms with van der Waals surface area (Å²) >= 11 is 0. The smallest absolute Gasteiger partial charge is 0.273 e. The number of aromatic hydroxyl groups is 1. The molecule has 0 saturated carbocycles. The summed E-state index contributed by atoms with van der Waals surface area (Å²) in [5, 5.41) is 17.6. The van der Waals surface area contributed by atoms with Gasteiger partial charge in [0, 0.05) is 23.2 Å². The molecule has 0 unspecified atom stereocenters. The van der Waals surface area contributed by atoms with Gasteiger partial charge in [-0.3, -0.25) is 9.89 Å². The Labute approximate surface area is 188 Å². The van der Waals surface area contributed by atoms with E-state index in [2.05, 4.69) is 10.2 Å². The topological polar surface area (TPSA) is 87.7 Å².